The summed E-state index contributed by atoms with van der Waals surface area (Å²) in [5.41, 5.74) is 0. The molecule has 0 aliphatic carbocycles. The monoisotopic (exact) mass is 164 g/mol. The Balaban J connectivity index is 3.35. The van der Waals surface area contributed by atoms with Crippen molar-refractivity contribution < 1.29 is 0 Å². The van der Waals surface area contributed by atoms with Crippen molar-refractivity contribution in [2.45, 2.75) is 39.5 Å². The molecule has 0 saturated carbocycles. The van der Waals surface area contributed by atoms with Gasteiger partial charge >= 0.3 is 0 Å². The lowest BCUT2D eigenvalue weighted by Crippen LogP contribution is -1.60. The molecule has 0 fully saturated rings. The van der Waals surface area contributed by atoms with Crippen molar-refractivity contribution >= 4 is 0 Å². The van der Waals surface area contributed by atoms with E-state index in [2.05, 4.69) is 50.3 Å². The summed E-state index contributed by atoms with van der Waals surface area (Å²) in [6.07, 6.45) is 17.6. The van der Waals surface area contributed by atoms with E-state index in [1.54, 1.807) is 0 Å². The number of hydrogen-bond donors (Lipinski definition) is 0. The second kappa shape index (κ2) is 10.2. The van der Waals surface area contributed by atoms with Crippen LogP contribution in [0.1, 0.15) is 39.5 Å². The molecule has 0 atom stereocenters. The molecule has 0 aromatic carbocycles. The van der Waals surface area contributed by atoms with Crippen molar-refractivity contribution in [3.8, 4) is 0 Å². The van der Waals surface area contributed by atoms with Gasteiger partial charge in [0.15, 0.2) is 0 Å². The first kappa shape index (κ1) is 11.2. The summed E-state index contributed by atoms with van der Waals surface area (Å²) >= 11 is 0. The maximum absolute atomic E-state index is 2.20. The SMILES string of the molecule is CCC/C=C/C=C/C=C/CCC. The third kappa shape index (κ3) is 9.22. The number of rotatable bonds is 6. The van der Waals surface area contributed by atoms with Gasteiger partial charge in [0.05, 0.1) is 0 Å². The molecule has 0 spiro atoms. The Morgan fingerprint density at radius 1 is 0.667 bits per heavy atom. The second-order valence-electron chi connectivity index (χ2n) is 2.82. The highest BCUT2D eigenvalue weighted by Crippen LogP contribution is 1.91. The van der Waals surface area contributed by atoms with Crippen LogP contribution in [0.4, 0.5) is 0 Å². The van der Waals surface area contributed by atoms with E-state index in [0.29, 0.717) is 0 Å². The zero-order chi connectivity index (χ0) is 9.07. The Bertz CT molecular complexity index is 131. The third-order valence-electron chi connectivity index (χ3n) is 1.52. The maximum atomic E-state index is 2.20. The van der Waals surface area contributed by atoms with Gasteiger partial charge in [0.1, 0.15) is 0 Å². The van der Waals surface area contributed by atoms with E-state index in [1.165, 1.54) is 25.7 Å². The Morgan fingerprint density at radius 2 is 1.08 bits per heavy atom. The van der Waals surface area contributed by atoms with Gasteiger partial charge < -0.3 is 0 Å². The van der Waals surface area contributed by atoms with Crippen molar-refractivity contribution in [2.24, 2.45) is 0 Å². The lowest BCUT2D eigenvalue weighted by atomic mass is 10.3. The first-order valence-electron chi connectivity index (χ1n) is 4.90. The van der Waals surface area contributed by atoms with Gasteiger partial charge in [-0.05, 0) is 12.8 Å². The zero-order valence-corrected chi connectivity index (χ0v) is 8.29. The average Bonchev–Trinajstić information content (AvgIpc) is 2.10. The van der Waals surface area contributed by atoms with Gasteiger partial charge in [0.2, 0.25) is 0 Å². The van der Waals surface area contributed by atoms with Crippen LogP contribution < -0.4 is 0 Å². The summed E-state index contributed by atoms with van der Waals surface area (Å²) in [6.45, 7) is 4.38. The summed E-state index contributed by atoms with van der Waals surface area (Å²) in [5.74, 6) is 0. The van der Waals surface area contributed by atoms with Gasteiger partial charge in [-0.25, -0.2) is 0 Å². The van der Waals surface area contributed by atoms with Gasteiger partial charge in [-0.2, -0.15) is 0 Å². The minimum atomic E-state index is 1.18. The van der Waals surface area contributed by atoms with E-state index in [0.717, 1.165) is 0 Å². The predicted octanol–water partition coefficient (Wildman–Crippen LogP) is 4.26. The van der Waals surface area contributed by atoms with Crippen molar-refractivity contribution in [1.29, 1.82) is 0 Å². The van der Waals surface area contributed by atoms with Crippen LogP contribution in [0, 0.1) is 0 Å². The molecule has 0 bridgehead atoms. The van der Waals surface area contributed by atoms with Crippen molar-refractivity contribution in [3.05, 3.63) is 36.5 Å². The van der Waals surface area contributed by atoms with E-state index in [9.17, 15) is 0 Å². The highest BCUT2D eigenvalue weighted by molar-refractivity contribution is 5.10. The Morgan fingerprint density at radius 3 is 1.42 bits per heavy atom. The van der Waals surface area contributed by atoms with Crippen LogP contribution >= 0.6 is 0 Å². The van der Waals surface area contributed by atoms with E-state index in [1.807, 2.05) is 0 Å². The largest absolute Gasteiger partial charge is 0.0845 e. The van der Waals surface area contributed by atoms with Crippen LogP contribution in [0.3, 0.4) is 0 Å². The van der Waals surface area contributed by atoms with Crippen LogP contribution in [0.25, 0.3) is 0 Å². The molecule has 0 aromatic heterocycles. The van der Waals surface area contributed by atoms with E-state index < -0.39 is 0 Å². The molecule has 12 heavy (non-hydrogen) atoms. The van der Waals surface area contributed by atoms with E-state index in [4.69, 9.17) is 0 Å². The molecule has 0 heterocycles. The summed E-state index contributed by atoms with van der Waals surface area (Å²) in [5, 5.41) is 0. The quantitative estimate of drug-likeness (QED) is 0.515. The molecule has 0 amide bonds. The van der Waals surface area contributed by atoms with Gasteiger partial charge in [-0.15, -0.1) is 0 Å². The van der Waals surface area contributed by atoms with Gasteiger partial charge in [-0.3, -0.25) is 0 Å². The predicted molar refractivity (Wildman–Crippen MR) is 57.2 cm³/mol. The Labute approximate surface area is 76.7 Å². The molecule has 0 aromatic rings. The van der Waals surface area contributed by atoms with E-state index in [-0.39, 0.29) is 0 Å². The van der Waals surface area contributed by atoms with E-state index >= 15 is 0 Å². The molecule has 0 nitrogen and oxygen atoms in total. The topological polar surface area (TPSA) is 0 Å². The first-order valence-corrected chi connectivity index (χ1v) is 4.90. The molecule has 0 aliphatic heterocycles. The molecule has 0 N–H and O–H groups in total. The highest BCUT2D eigenvalue weighted by Gasteiger charge is 1.70. The molecule has 0 heteroatoms. The van der Waals surface area contributed by atoms with Gasteiger partial charge in [0, 0.05) is 0 Å². The fourth-order valence-electron chi connectivity index (χ4n) is 0.811. The molecular formula is C12H20. The van der Waals surface area contributed by atoms with Crippen LogP contribution in [0.15, 0.2) is 36.5 Å². The fourth-order valence-corrected chi connectivity index (χ4v) is 0.811. The first-order chi connectivity index (χ1) is 5.91. The minimum Gasteiger partial charge on any atom is -0.0845 e. The molecule has 68 valence electrons. The maximum Gasteiger partial charge on any atom is -0.0350 e. The normalized spacial score (nSPS) is 12.5. The third-order valence-corrected chi connectivity index (χ3v) is 1.52. The summed E-state index contributed by atoms with van der Waals surface area (Å²) in [7, 11) is 0. The molecule has 0 aliphatic rings. The van der Waals surface area contributed by atoms with Crippen LogP contribution in [0.2, 0.25) is 0 Å². The molecule has 0 radical (unpaired) electrons. The second-order valence-corrected chi connectivity index (χ2v) is 2.82. The Hall–Kier alpha value is -0.780. The van der Waals surface area contributed by atoms with Crippen LogP contribution in [-0.4, -0.2) is 0 Å². The van der Waals surface area contributed by atoms with Crippen molar-refractivity contribution in [3.63, 3.8) is 0 Å². The number of unbranched alkanes of at least 4 members (excludes halogenated alkanes) is 2. The summed E-state index contributed by atoms with van der Waals surface area (Å²) < 4.78 is 0. The zero-order valence-electron chi connectivity index (χ0n) is 8.29. The summed E-state index contributed by atoms with van der Waals surface area (Å²) in [4.78, 5) is 0. The van der Waals surface area contributed by atoms with Gasteiger partial charge in [-0.1, -0.05) is 63.1 Å². The van der Waals surface area contributed by atoms with Crippen LogP contribution in [0.5, 0.6) is 0 Å². The molecule has 0 unspecified atom stereocenters. The highest BCUT2D eigenvalue weighted by atomic mass is 13.8. The Kier molecular flexibility index (Phi) is 9.56. The molecule has 0 saturated heterocycles. The fraction of sp³-hybridized carbons (Fsp3) is 0.500. The summed E-state index contributed by atoms with van der Waals surface area (Å²) in [6, 6.07) is 0. The number of hydrogen-bond acceptors (Lipinski definition) is 0. The van der Waals surface area contributed by atoms with Crippen molar-refractivity contribution in [2.75, 3.05) is 0 Å². The van der Waals surface area contributed by atoms with Crippen molar-refractivity contribution in [1.82, 2.24) is 0 Å². The standard InChI is InChI=1S/C12H20/c1-3-5-7-9-11-12-10-8-6-4-2/h7-12H,3-6H2,1-2H3/b9-7+,10-8+,12-11+. The average molecular weight is 164 g/mol. The number of allylic oxidation sites excluding steroid dienone is 6. The lowest BCUT2D eigenvalue weighted by Gasteiger charge is -1.81. The van der Waals surface area contributed by atoms with Gasteiger partial charge in [0.25, 0.3) is 0 Å². The van der Waals surface area contributed by atoms with Crippen LogP contribution in [-0.2, 0) is 0 Å². The molecular weight excluding hydrogens is 144 g/mol. The smallest absolute Gasteiger partial charge is 0.0350 e. The molecule has 0 rings (SSSR count). The minimum absolute atomic E-state index is 1.18. The lowest BCUT2D eigenvalue weighted by molar-refractivity contribution is 0.958.